The lowest BCUT2D eigenvalue weighted by Gasteiger charge is -2.25. The minimum atomic E-state index is -1.45. The number of carbonyl (C=O) groups excluding carboxylic acids is 5. The zero-order valence-electron chi connectivity index (χ0n) is 22.4. The molecule has 0 saturated carbocycles. The maximum absolute atomic E-state index is 13.3. The molecule has 2 rings (SSSR count). The fraction of sp³-hybridized carbons (Fsp3) is 0.370. The molecule has 0 spiro atoms. The van der Waals surface area contributed by atoms with Gasteiger partial charge in [0.1, 0.15) is 30.5 Å². The van der Waals surface area contributed by atoms with E-state index in [4.69, 9.17) is 16.3 Å². The van der Waals surface area contributed by atoms with Crippen molar-refractivity contribution in [2.75, 3.05) is 0 Å². The number of amides is 5. The van der Waals surface area contributed by atoms with Crippen LogP contribution in [-0.4, -0.2) is 53.0 Å². The molecule has 5 amide bonds. The third kappa shape index (κ3) is 11.0. The lowest BCUT2D eigenvalue weighted by atomic mass is 10.0. The second-order valence-corrected chi connectivity index (χ2v) is 9.56. The monoisotopic (exact) mass is 556 g/mol. The van der Waals surface area contributed by atoms with Crippen molar-refractivity contribution in [3.8, 4) is 5.75 Å². The van der Waals surface area contributed by atoms with Crippen LogP contribution in [-0.2, 0) is 36.9 Å². The van der Waals surface area contributed by atoms with Crippen LogP contribution in [0.1, 0.15) is 37.8 Å². The van der Waals surface area contributed by atoms with Gasteiger partial charge in [0.2, 0.25) is 17.7 Å². The minimum absolute atomic E-state index is 0.00701. The largest absolute Gasteiger partial charge is 0.508 e. The third-order valence-electron chi connectivity index (χ3n) is 5.72. The van der Waals surface area contributed by atoms with Crippen molar-refractivity contribution in [3.63, 3.8) is 0 Å². The Morgan fingerprint density at radius 1 is 0.800 bits per heavy atom. The summed E-state index contributed by atoms with van der Waals surface area (Å²) in [6, 6.07) is 11.1. The van der Waals surface area contributed by atoms with Gasteiger partial charge in [0.15, 0.2) is 0 Å². The Bertz CT molecular complexity index is 1160. The molecule has 3 atom stereocenters. The van der Waals surface area contributed by atoms with Gasteiger partial charge in [-0.25, -0.2) is 10.6 Å². The van der Waals surface area contributed by atoms with Gasteiger partial charge in [0.25, 0.3) is 5.91 Å². The molecule has 0 aliphatic carbocycles. The second kappa shape index (κ2) is 15.7. The van der Waals surface area contributed by atoms with Gasteiger partial charge >= 0.3 is 6.09 Å². The molecule has 9 N–H and O–H groups in total. The molecule has 0 bridgehead atoms. The molecule has 13 heteroatoms. The summed E-state index contributed by atoms with van der Waals surface area (Å²) < 4.78 is 5.23. The Morgan fingerprint density at radius 2 is 1.40 bits per heavy atom. The van der Waals surface area contributed by atoms with E-state index in [0.29, 0.717) is 5.56 Å². The summed E-state index contributed by atoms with van der Waals surface area (Å²) in [7, 11) is 0. The molecule has 0 aliphatic heterocycles. The molecule has 2 aromatic carbocycles. The summed E-state index contributed by atoms with van der Waals surface area (Å²) in [6.07, 6.45) is -1.26. The fourth-order valence-corrected chi connectivity index (χ4v) is 3.74. The van der Waals surface area contributed by atoms with Crippen molar-refractivity contribution >= 4 is 29.7 Å². The van der Waals surface area contributed by atoms with E-state index < -0.39 is 54.3 Å². The number of benzene rings is 2. The molecule has 216 valence electrons. The molecule has 2 aromatic rings. The van der Waals surface area contributed by atoms with Crippen molar-refractivity contribution in [2.45, 2.75) is 57.8 Å². The van der Waals surface area contributed by atoms with Gasteiger partial charge in [0.05, 0.1) is 6.42 Å². The van der Waals surface area contributed by atoms with Crippen molar-refractivity contribution in [2.24, 2.45) is 17.5 Å². The van der Waals surface area contributed by atoms with Crippen LogP contribution in [0.5, 0.6) is 5.75 Å². The van der Waals surface area contributed by atoms with Crippen molar-refractivity contribution < 1.29 is 33.8 Å². The number of primary amides is 1. The van der Waals surface area contributed by atoms with E-state index in [1.165, 1.54) is 12.1 Å². The van der Waals surface area contributed by atoms with Crippen LogP contribution >= 0.6 is 0 Å². The first-order chi connectivity index (χ1) is 19.0. The van der Waals surface area contributed by atoms with Gasteiger partial charge in [-0.15, -0.1) is 0 Å². The molecule has 0 heterocycles. The summed E-state index contributed by atoms with van der Waals surface area (Å²) in [6.45, 7) is 3.62. The average Bonchev–Trinajstić information content (AvgIpc) is 2.91. The predicted octanol–water partition coefficient (Wildman–Crippen LogP) is 0.111. The number of nitrogens with one attached hydrogen (secondary N) is 4. The van der Waals surface area contributed by atoms with Gasteiger partial charge < -0.3 is 31.5 Å². The lowest BCUT2D eigenvalue weighted by molar-refractivity contribution is -0.134. The molecule has 0 saturated heterocycles. The number of rotatable bonds is 14. The zero-order chi connectivity index (χ0) is 29.7. The molecule has 0 radical (unpaired) electrons. The van der Waals surface area contributed by atoms with Crippen molar-refractivity contribution in [1.82, 2.24) is 21.4 Å². The van der Waals surface area contributed by atoms with Gasteiger partial charge in [0, 0.05) is 6.42 Å². The minimum Gasteiger partial charge on any atom is -0.508 e. The number of phenolic OH excluding ortho intramolecular Hbond substituents is 1. The number of nitrogens with two attached hydrogens (primary N) is 2. The fourth-order valence-electron chi connectivity index (χ4n) is 3.74. The quantitative estimate of drug-likeness (QED) is 0.0960. The first kappa shape index (κ1) is 31.6. The van der Waals surface area contributed by atoms with Crippen LogP contribution < -0.4 is 33.0 Å². The summed E-state index contributed by atoms with van der Waals surface area (Å²) in [4.78, 5) is 62.8. The Kier molecular flexibility index (Phi) is 12.4. The Labute approximate surface area is 232 Å². The summed E-state index contributed by atoms with van der Waals surface area (Å²) in [5, 5.41) is 17.0. The number of hydrazine groups is 1. The van der Waals surface area contributed by atoms with E-state index in [2.05, 4.69) is 16.0 Å². The average molecular weight is 557 g/mol. The number of alkyl carbamates (subject to hydrolysis) is 1. The standard InChI is InChI=1S/C27H36N6O7/c1-16(2)12-20(26(38)33-29)30-25(37)22(14-23(28)35)31-24(36)21(13-17-8-10-19(34)11-9-17)32-27(39)40-15-18-6-4-3-5-7-18/h3-11,16,20-22,34H,12-15,29H2,1-2H3,(H2,28,35)(H,30,37)(H,31,36)(H,32,39)(H,33,38)/t20-,21-,22-/m0/s1. The highest BCUT2D eigenvalue weighted by molar-refractivity contribution is 5.96. The van der Waals surface area contributed by atoms with Crippen LogP contribution in [0.15, 0.2) is 54.6 Å². The zero-order valence-corrected chi connectivity index (χ0v) is 22.4. The molecular weight excluding hydrogens is 520 g/mol. The topological polar surface area (TPSA) is 215 Å². The Balaban J connectivity index is 2.20. The normalized spacial score (nSPS) is 12.9. The highest BCUT2D eigenvalue weighted by atomic mass is 16.5. The van der Waals surface area contributed by atoms with Crippen LogP contribution in [0.25, 0.3) is 0 Å². The third-order valence-corrected chi connectivity index (χ3v) is 5.72. The maximum Gasteiger partial charge on any atom is 0.408 e. The molecule has 40 heavy (non-hydrogen) atoms. The van der Waals surface area contributed by atoms with E-state index in [0.717, 1.165) is 5.56 Å². The molecule has 0 aromatic heterocycles. The van der Waals surface area contributed by atoms with Crippen molar-refractivity contribution in [1.29, 1.82) is 0 Å². The van der Waals surface area contributed by atoms with Gasteiger partial charge in [-0.05, 0) is 35.6 Å². The predicted molar refractivity (Wildman–Crippen MR) is 145 cm³/mol. The lowest BCUT2D eigenvalue weighted by Crippen LogP contribution is -2.58. The van der Waals surface area contributed by atoms with E-state index in [9.17, 15) is 29.1 Å². The maximum atomic E-state index is 13.3. The highest BCUT2D eigenvalue weighted by Gasteiger charge is 2.31. The van der Waals surface area contributed by atoms with Gasteiger partial charge in [-0.1, -0.05) is 56.3 Å². The first-order valence-electron chi connectivity index (χ1n) is 12.6. The van der Waals surface area contributed by atoms with Crippen LogP contribution in [0.3, 0.4) is 0 Å². The summed E-state index contributed by atoms with van der Waals surface area (Å²) in [5.74, 6) is 2.07. The Hall–Kier alpha value is -4.65. The van der Waals surface area contributed by atoms with Crippen LogP contribution in [0.2, 0.25) is 0 Å². The molecule has 0 fully saturated rings. The number of ether oxygens (including phenoxy) is 1. The van der Waals surface area contributed by atoms with E-state index in [1.54, 1.807) is 36.4 Å². The molecular formula is C27H36N6O7. The van der Waals surface area contributed by atoms with E-state index in [1.807, 2.05) is 25.3 Å². The highest BCUT2D eigenvalue weighted by Crippen LogP contribution is 2.12. The molecule has 0 unspecified atom stereocenters. The van der Waals surface area contributed by atoms with E-state index in [-0.39, 0.29) is 31.1 Å². The van der Waals surface area contributed by atoms with Crippen LogP contribution in [0.4, 0.5) is 4.79 Å². The summed E-state index contributed by atoms with van der Waals surface area (Å²) in [5.41, 5.74) is 8.60. The number of carbonyl (C=O) groups is 5. The number of hydrogen-bond donors (Lipinski definition) is 7. The number of phenols is 1. The van der Waals surface area contributed by atoms with Crippen molar-refractivity contribution in [3.05, 3.63) is 65.7 Å². The summed E-state index contributed by atoms with van der Waals surface area (Å²) >= 11 is 0. The van der Waals surface area contributed by atoms with Gasteiger partial charge in [-0.3, -0.25) is 24.6 Å². The Morgan fingerprint density at radius 3 is 1.98 bits per heavy atom. The molecule has 13 nitrogen and oxygen atoms in total. The van der Waals surface area contributed by atoms with E-state index >= 15 is 0 Å². The van der Waals surface area contributed by atoms with Crippen LogP contribution in [0, 0.1) is 5.92 Å². The molecule has 0 aliphatic rings. The number of hydrogen-bond acceptors (Lipinski definition) is 8. The number of aromatic hydroxyl groups is 1. The SMILES string of the molecule is CC(C)C[C@H](NC(=O)[C@H](CC(N)=O)NC(=O)[C@H](Cc1ccc(O)cc1)NC(=O)OCc1ccccc1)C(=O)NN. The second-order valence-electron chi connectivity index (χ2n) is 9.56. The van der Waals surface area contributed by atoms with Gasteiger partial charge in [-0.2, -0.15) is 0 Å². The first-order valence-corrected chi connectivity index (χ1v) is 12.6. The smallest absolute Gasteiger partial charge is 0.408 e.